The van der Waals surface area contributed by atoms with Crippen molar-refractivity contribution in [2.75, 3.05) is 18.4 Å². The number of nitrogens with zero attached hydrogens (tertiary/aromatic N) is 4. The highest BCUT2D eigenvalue weighted by Gasteiger charge is 2.10. The van der Waals surface area contributed by atoms with Gasteiger partial charge in [0.25, 0.3) is 5.95 Å². The van der Waals surface area contributed by atoms with Crippen molar-refractivity contribution in [1.29, 1.82) is 0 Å². The third kappa shape index (κ3) is 5.15. The number of thioether (sulfide) groups is 1. The van der Waals surface area contributed by atoms with Gasteiger partial charge >= 0.3 is 0 Å². The molecule has 3 aromatic rings. The van der Waals surface area contributed by atoms with Crippen LogP contribution in [0.1, 0.15) is 11.1 Å². The van der Waals surface area contributed by atoms with Gasteiger partial charge in [-0.1, -0.05) is 51.4 Å². The van der Waals surface area contributed by atoms with E-state index in [9.17, 15) is 0 Å². The first kappa shape index (κ1) is 19.5. The molecule has 0 radical (unpaired) electrons. The maximum atomic E-state index is 6.03. The molecule has 0 bridgehead atoms. The second-order valence-corrected chi connectivity index (χ2v) is 7.64. The number of halogens is 2. The van der Waals surface area contributed by atoms with Crippen molar-refractivity contribution in [2.24, 2.45) is 5.10 Å². The Morgan fingerprint density at radius 2 is 2.07 bits per heavy atom. The Bertz CT molecular complexity index is 947. The fourth-order valence-corrected chi connectivity index (χ4v) is 3.46. The predicted molar refractivity (Wildman–Crippen MR) is 113 cm³/mol. The van der Waals surface area contributed by atoms with Gasteiger partial charge in [0.2, 0.25) is 5.16 Å². The van der Waals surface area contributed by atoms with Crippen molar-refractivity contribution in [3.8, 4) is 5.75 Å². The monoisotopic (exact) mass is 466 g/mol. The third-order valence-electron chi connectivity index (χ3n) is 3.51. The van der Waals surface area contributed by atoms with Gasteiger partial charge in [0.15, 0.2) is 0 Å². The van der Waals surface area contributed by atoms with Gasteiger partial charge in [-0.3, -0.25) is 0 Å². The van der Waals surface area contributed by atoms with Crippen LogP contribution in [0.2, 0.25) is 5.02 Å². The molecular weight excluding hydrogens is 452 g/mol. The van der Waals surface area contributed by atoms with Crippen LogP contribution in [0, 0.1) is 0 Å². The molecule has 0 unspecified atom stereocenters. The average Bonchev–Trinajstić information content (AvgIpc) is 3.01. The number of hydrazone groups is 1. The standard InChI is InChI=1S/C17H16BrClN6OS/c1-26-15-7-4-13(18)8-12(15)9-21-22-16-23-24-17(25(16)20)27-10-11-2-5-14(19)6-3-11/h2-9H,10,20H2,1H3,(H,22,23)/b21-9+. The fraction of sp³-hybridized carbons (Fsp3) is 0.118. The number of hydrogen-bond acceptors (Lipinski definition) is 7. The Balaban J connectivity index is 1.63. The Kier molecular flexibility index (Phi) is 6.59. The highest BCUT2D eigenvalue weighted by molar-refractivity contribution is 9.10. The minimum absolute atomic E-state index is 0.332. The number of methoxy groups -OCH3 is 1. The Labute approximate surface area is 174 Å². The van der Waals surface area contributed by atoms with E-state index in [2.05, 4.69) is 36.7 Å². The summed E-state index contributed by atoms with van der Waals surface area (Å²) in [5, 5.41) is 13.5. The normalized spacial score (nSPS) is 11.1. The Morgan fingerprint density at radius 3 is 2.81 bits per heavy atom. The van der Waals surface area contributed by atoms with E-state index in [1.54, 1.807) is 13.3 Å². The second kappa shape index (κ2) is 9.12. The Morgan fingerprint density at radius 1 is 1.30 bits per heavy atom. The van der Waals surface area contributed by atoms with Crippen molar-refractivity contribution < 1.29 is 4.74 Å². The van der Waals surface area contributed by atoms with Crippen molar-refractivity contribution in [2.45, 2.75) is 10.9 Å². The van der Waals surface area contributed by atoms with Crippen LogP contribution in [0.3, 0.4) is 0 Å². The van der Waals surface area contributed by atoms with E-state index in [1.165, 1.54) is 16.4 Å². The number of nitrogen functional groups attached to an aromatic ring is 1. The van der Waals surface area contributed by atoms with Gasteiger partial charge < -0.3 is 10.6 Å². The summed E-state index contributed by atoms with van der Waals surface area (Å²) in [5.74, 6) is 7.77. The van der Waals surface area contributed by atoms with Gasteiger partial charge in [0, 0.05) is 20.8 Å². The molecule has 2 aromatic carbocycles. The number of hydrogen-bond donors (Lipinski definition) is 2. The summed E-state index contributed by atoms with van der Waals surface area (Å²) in [4.78, 5) is 0. The van der Waals surface area contributed by atoms with Crippen molar-refractivity contribution in [3.05, 3.63) is 63.1 Å². The molecule has 0 aliphatic rings. The van der Waals surface area contributed by atoms with Crippen LogP contribution in [-0.4, -0.2) is 28.2 Å². The molecule has 0 saturated carbocycles. The first-order valence-corrected chi connectivity index (χ1v) is 9.93. The molecule has 0 atom stereocenters. The Hall–Kier alpha value is -2.23. The van der Waals surface area contributed by atoms with E-state index in [0.29, 0.717) is 27.6 Å². The molecule has 0 amide bonds. The predicted octanol–water partition coefficient (Wildman–Crippen LogP) is 4.15. The fourth-order valence-electron chi connectivity index (χ4n) is 2.15. The SMILES string of the molecule is COc1ccc(Br)cc1/C=N/Nc1nnc(SCc2ccc(Cl)cc2)n1N. The summed E-state index contributed by atoms with van der Waals surface area (Å²) in [5.41, 5.74) is 4.71. The van der Waals surface area contributed by atoms with Crippen LogP contribution in [0.4, 0.5) is 5.95 Å². The van der Waals surface area contributed by atoms with Crippen LogP contribution in [0.5, 0.6) is 5.75 Å². The van der Waals surface area contributed by atoms with E-state index in [1.807, 2.05) is 42.5 Å². The van der Waals surface area contributed by atoms with E-state index in [-0.39, 0.29) is 0 Å². The molecule has 7 nitrogen and oxygen atoms in total. The molecule has 1 heterocycles. The first-order chi connectivity index (χ1) is 13.1. The summed E-state index contributed by atoms with van der Waals surface area (Å²) in [6, 6.07) is 13.3. The van der Waals surface area contributed by atoms with Crippen molar-refractivity contribution >= 4 is 51.5 Å². The molecule has 0 fully saturated rings. The lowest BCUT2D eigenvalue weighted by Crippen LogP contribution is -2.13. The number of rotatable bonds is 7. The molecule has 3 rings (SSSR count). The summed E-state index contributed by atoms with van der Waals surface area (Å²) in [7, 11) is 1.61. The zero-order chi connectivity index (χ0) is 19.2. The van der Waals surface area contributed by atoms with E-state index in [0.717, 1.165) is 15.6 Å². The molecule has 0 aliphatic carbocycles. The molecular formula is C17H16BrClN6OS. The first-order valence-electron chi connectivity index (χ1n) is 7.77. The van der Waals surface area contributed by atoms with Crippen LogP contribution in [0.25, 0.3) is 0 Å². The minimum atomic E-state index is 0.332. The van der Waals surface area contributed by atoms with Gasteiger partial charge in [-0.25, -0.2) is 10.1 Å². The van der Waals surface area contributed by atoms with Gasteiger partial charge in [-0.05, 0) is 35.9 Å². The van der Waals surface area contributed by atoms with Gasteiger partial charge in [0.05, 0.1) is 13.3 Å². The van der Waals surface area contributed by atoms with Crippen LogP contribution < -0.4 is 16.0 Å². The maximum Gasteiger partial charge on any atom is 0.264 e. The molecule has 10 heteroatoms. The van der Waals surface area contributed by atoms with Crippen LogP contribution in [-0.2, 0) is 5.75 Å². The lowest BCUT2D eigenvalue weighted by molar-refractivity contribution is 0.414. The lowest BCUT2D eigenvalue weighted by Gasteiger charge is -2.05. The zero-order valence-corrected chi connectivity index (χ0v) is 17.4. The van der Waals surface area contributed by atoms with Crippen LogP contribution in [0.15, 0.2) is 57.2 Å². The molecule has 1 aromatic heterocycles. The topological polar surface area (TPSA) is 90.3 Å². The molecule has 140 valence electrons. The quantitative estimate of drug-likeness (QED) is 0.235. The zero-order valence-electron chi connectivity index (χ0n) is 14.3. The highest BCUT2D eigenvalue weighted by Crippen LogP contribution is 2.23. The number of benzene rings is 2. The van der Waals surface area contributed by atoms with E-state index < -0.39 is 0 Å². The summed E-state index contributed by atoms with van der Waals surface area (Å²) in [6.07, 6.45) is 1.62. The number of ether oxygens (including phenoxy) is 1. The largest absolute Gasteiger partial charge is 0.496 e. The number of nitrogens with one attached hydrogen (secondary N) is 1. The lowest BCUT2D eigenvalue weighted by atomic mass is 10.2. The number of nitrogens with two attached hydrogens (primary N) is 1. The van der Waals surface area contributed by atoms with Crippen molar-refractivity contribution in [1.82, 2.24) is 14.9 Å². The molecule has 3 N–H and O–H groups in total. The number of aromatic nitrogens is 3. The van der Waals surface area contributed by atoms with Crippen LogP contribution >= 0.6 is 39.3 Å². The summed E-state index contributed by atoms with van der Waals surface area (Å²) in [6.45, 7) is 0. The van der Waals surface area contributed by atoms with E-state index in [4.69, 9.17) is 22.2 Å². The van der Waals surface area contributed by atoms with E-state index >= 15 is 0 Å². The van der Waals surface area contributed by atoms with Gasteiger partial charge in [0.1, 0.15) is 5.75 Å². The van der Waals surface area contributed by atoms with Gasteiger partial charge in [-0.15, -0.1) is 10.2 Å². The summed E-state index contributed by atoms with van der Waals surface area (Å²) < 4.78 is 7.58. The molecule has 0 saturated heterocycles. The molecule has 27 heavy (non-hydrogen) atoms. The minimum Gasteiger partial charge on any atom is -0.496 e. The van der Waals surface area contributed by atoms with Crippen molar-refractivity contribution in [3.63, 3.8) is 0 Å². The third-order valence-corrected chi connectivity index (χ3v) is 5.27. The average molecular weight is 468 g/mol. The smallest absolute Gasteiger partial charge is 0.264 e. The summed E-state index contributed by atoms with van der Waals surface area (Å²) >= 11 is 10.8. The number of anilines is 1. The maximum absolute atomic E-state index is 6.03. The highest BCUT2D eigenvalue weighted by atomic mass is 79.9. The second-order valence-electron chi connectivity index (χ2n) is 5.35. The molecule has 0 aliphatic heterocycles. The molecule has 0 spiro atoms. The van der Waals surface area contributed by atoms with Gasteiger partial charge in [-0.2, -0.15) is 5.10 Å².